The van der Waals surface area contributed by atoms with Crippen LogP contribution in [0.5, 0.6) is 17.2 Å². The van der Waals surface area contributed by atoms with Gasteiger partial charge < -0.3 is 19.5 Å². The number of amides is 1. The molecule has 3 rings (SSSR count). The first-order chi connectivity index (χ1) is 11.0. The number of aryl methyl sites for hydroxylation is 1. The number of hydrogen-bond donors (Lipinski definition) is 1. The highest BCUT2D eigenvalue weighted by Crippen LogP contribution is 2.39. The van der Waals surface area contributed by atoms with Crippen molar-refractivity contribution in [2.75, 3.05) is 12.1 Å². The van der Waals surface area contributed by atoms with Crippen molar-refractivity contribution >= 4 is 23.2 Å². The summed E-state index contributed by atoms with van der Waals surface area (Å²) in [6.45, 7) is 3.81. The normalized spacial score (nSPS) is 13.5. The minimum atomic E-state index is -0.667. The van der Waals surface area contributed by atoms with Crippen LogP contribution in [0.1, 0.15) is 12.5 Å². The van der Waals surface area contributed by atoms with Gasteiger partial charge >= 0.3 is 0 Å². The largest absolute Gasteiger partial charge is 0.481 e. The van der Waals surface area contributed by atoms with Gasteiger partial charge in [0.05, 0.1) is 10.7 Å². The first-order valence-corrected chi connectivity index (χ1v) is 7.54. The van der Waals surface area contributed by atoms with E-state index in [0.29, 0.717) is 28.0 Å². The van der Waals surface area contributed by atoms with Crippen LogP contribution in [0.25, 0.3) is 0 Å². The fourth-order valence-corrected chi connectivity index (χ4v) is 2.32. The van der Waals surface area contributed by atoms with Gasteiger partial charge in [0.15, 0.2) is 17.6 Å². The molecule has 0 aromatic heterocycles. The number of fused-ring (bicyclic) bond motifs is 1. The molecule has 120 valence electrons. The number of hydrogen-bond acceptors (Lipinski definition) is 4. The lowest BCUT2D eigenvalue weighted by atomic mass is 10.2. The van der Waals surface area contributed by atoms with Crippen molar-refractivity contribution in [2.24, 2.45) is 0 Å². The van der Waals surface area contributed by atoms with E-state index < -0.39 is 6.10 Å². The van der Waals surface area contributed by atoms with Crippen LogP contribution in [0.15, 0.2) is 36.4 Å². The maximum atomic E-state index is 12.3. The van der Waals surface area contributed by atoms with Gasteiger partial charge in [-0.15, -0.1) is 0 Å². The molecule has 1 N–H and O–H groups in total. The summed E-state index contributed by atoms with van der Waals surface area (Å²) in [6, 6.07) is 10.8. The Morgan fingerprint density at radius 1 is 1.22 bits per heavy atom. The number of ether oxygens (including phenoxy) is 3. The van der Waals surface area contributed by atoms with Crippen LogP contribution in [-0.4, -0.2) is 18.8 Å². The summed E-state index contributed by atoms with van der Waals surface area (Å²) in [5, 5.41) is 3.12. The molecule has 2 aromatic carbocycles. The molecule has 0 saturated heterocycles. The van der Waals surface area contributed by atoms with E-state index in [1.807, 2.05) is 31.2 Å². The van der Waals surface area contributed by atoms with Gasteiger partial charge in [0.2, 0.25) is 6.79 Å². The average Bonchev–Trinajstić information content (AvgIpc) is 2.96. The second kappa shape index (κ2) is 6.38. The highest BCUT2D eigenvalue weighted by atomic mass is 35.5. The second-order valence-corrected chi connectivity index (χ2v) is 5.65. The SMILES string of the molecule is Cc1ccc(OC(C)C(=O)Nc2cc3c(cc2Cl)OCO3)cc1. The van der Waals surface area contributed by atoms with Crippen LogP contribution < -0.4 is 19.5 Å². The first-order valence-electron chi connectivity index (χ1n) is 7.16. The molecule has 1 aliphatic rings. The molecule has 2 aromatic rings. The van der Waals surface area contributed by atoms with Crippen molar-refractivity contribution < 1.29 is 19.0 Å². The van der Waals surface area contributed by atoms with Crippen LogP contribution in [0.4, 0.5) is 5.69 Å². The molecule has 0 fully saturated rings. The summed E-state index contributed by atoms with van der Waals surface area (Å²) in [7, 11) is 0. The Labute approximate surface area is 139 Å². The van der Waals surface area contributed by atoms with Crippen molar-refractivity contribution in [2.45, 2.75) is 20.0 Å². The molecule has 1 unspecified atom stereocenters. The standard InChI is InChI=1S/C17H16ClNO4/c1-10-3-5-12(6-4-10)23-11(2)17(20)19-14-8-16-15(7-13(14)18)21-9-22-16/h3-8,11H,9H2,1-2H3,(H,19,20). The third-order valence-electron chi connectivity index (χ3n) is 3.42. The number of rotatable bonds is 4. The Bertz CT molecular complexity index is 730. The lowest BCUT2D eigenvalue weighted by Gasteiger charge is -2.15. The van der Waals surface area contributed by atoms with Crippen LogP contribution in [0, 0.1) is 6.92 Å². The van der Waals surface area contributed by atoms with Gasteiger partial charge in [0.1, 0.15) is 5.75 Å². The number of carbonyl (C=O) groups excluding carboxylic acids is 1. The molecule has 1 aliphatic heterocycles. The Balaban J connectivity index is 1.68. The van der Waals surface area contributed by atoms with E-state index in [1.165, 1.54) is 0 Å². The summed E-state index contributed by atoms with van der Waals surface area (Å²) < 4.78 is 16.1. The van der Waals surface area contributed by atoms with Gasteiger partial charge in [-0.05, 0) is 26.0 Å². The summed E-state index contributed by atoms with van der Waals surface area (Å²) in [5.41, 5.74) is 1.59. The Morgan fingerprint density at radius 2 is 1.87 bits per heavy atom. The third-order valence-corrected chi connectivity index (χ3v) is 3.74. The topological polar surface area (TPSA) is 56.8 Å². The molecule has 0 saturated carbocycles. The Hall–Kier alpha value is -2.40. The molecule has 1 heterocycles. The predicted molar refractivity (Wildman–Crippen MR) is 87.5 cm³/mol. The quantitative estimate of drug-likeness (QED) is 0.925. The average molecular weight is 334 g/mol. The Kier molecular flexibility index (Phi) is 4.30. The number of carbonyl (C=O) groups is 1. The fraction of sp³-hybridized carbons (Fsp3) is 0.235. The third kappa shape index (κ3) is 3.51. The van der Waals surface area contributed by atoms with E-state index in [9.17, 15) is 4.79 Å². The van der Waals surface area contributed by atoms with Crippen LogP contribution in [0.2, 0.25) is 5.02 Å². The van der Waals surface area contributed by atoms with Crippen LogP contribution >= 0.6 is 11.6 Å². The van der Waals surface area contributed by atoms with Gasteiger partial charge in [-0.25, -0.2) is 0 Å². The van der Waals surface area contributed by atoms with Crippen molar-refractivity contribution in [3.05, 3.63) is 47.0 Å². The number of benzene rings is 2. The minimum Gasteiger partial charge on any atom is -0.481 e. The first kappa shape index (κ1) is 15.5. The van der Waals surface area contributed by atoms with Crippen LogP contribution in [-0.2, 0) is 4.79 Å². The van der Waals surface area contributed by atoms with Gasteiger partial charge in [0.25, 0.3) is 5.91 Å². The van der Waals surface area contributed by atoms with Crippen molar-refractivity contribution in [1.82, 2.24) is 0 Å². The zero-order valence-corrected chi connectivity index (χ0v) is 13.5. The fourth-order valence-electron chi connectivity index (χ4n) is 2.12. The molecular formula is C17H16ClNO4. The van der Waals surface area contributed by atoms with E-state index in [-0.39, 0.29) is 12.7 Å². The maximum absolute atomic E-state index is 12.3. The molecule has 23 heavy (non-hydrogen) atoms. The summed E-state index contributed by atoms with van der Waals surface area (Å²) in [5.74, 6) is 1.45. The number of halogens is 1. The zero-order valence-electron chi connectivity index (χ0n) is 12.8. The van der Waals surface area contributed by atoms with Crippen molar-refractivity contribution in [3.8, 4) is 17.2 Å². The van der Waals surface area contributed by atoms with E-state index in [0.717, 1.165) is 5.56 Å². The van der Waals surface area contributed by atoms with Gasteiger partial charge in [-0.1, -0.05) is 29.3 Å². The molecule has 1 atom stereocenters. The van der Waals surface area contributed by atoms with Gasteiger partial charge in [-0.3, -0.25) is 4.79 Å². The van der Waals surface area contributed by atoms with Gasteiger partial charge in [0, 0.05) is 12.1 Å². The highest BCUT2D eigenvalue weighted by molar-refractivity contribution is 6.34. The number of nitrogens with one attached hydrogen (secondary N) is 1. The smallest absolute Gasteiger partial charge is 0.265 e. The lowest BCUT2D eigenvalue weighted by molar-refractivity contribution is -0.122. The number of anilines is 1. The van der Waals surface area contributed by atoms with Crippen LogP contribution in [0.3, 0.4) is 0 Å². The molecule has 0 spiro atoms. The molecule has 6 heteroatoms. The zero-order chi connectivity index (χ0) is 16.4. The summed E-state index contributed by atoms with van der Waals surface area (Å²) in [4.78, 5) is 12.3. The molecule has 1 amide bonds. The Morgan fingerprint density at radius 3 is 2.57 bits per heavy atom. The minimum absolute atomic E-state index is 0.149. The summed E-state index contributed by atoms with van der Waals surface area (Å²) >= 11 is 6.14. The van der Waals surface area contributed by atoms with Gasteiger partial charge in [-0.2, -0.15) is 0 Å². The molecule has 0 bridgehead atoms. The monoisotopic (exact) mass is 333 g/mol. The molecule has 5 nitrogen and oxygen atoms in total. The maximum Gasteiger partial charge on any atom is 0.265 e. The second-order valence-electron chi connectivity index (χ2n) is 5.25. The summed E-state index contributed by atoms with van der Waals surface area (Å²) in [6.07, 6.45) is -0.667. The van der Waals surface area contributed by atoms with Crippen molar-refractivity contribution in [1.29, 1.82) is 0 Å². The predicted octanol–water partition coefficient (Wildman–Crippen LogP) is 3.78. The van der Waals surface area contributed by atoms with Crippen molar-refractivity contribution in [3.63, 3.8) is 0 Å². The molecular weight excluding hydrogens is 318 g/mol. The van der Waals surface area contributed by atoms with E-state index in [4.69, 9.17) is 25.8 Å². The molecule has 0 aliphatic carbocycles. The van der Waals surface area contributed by atoms with E-state index >= 15 is 0 Å². The lowest BCUT2D eigenvalue weighted by Crippen LogP contribution is -2.30. The van der Waals surface area contributed by atoms with E-state index in [1.54, 1.807) is 19.1 Å². The highest BCUT2D eigenvalue weighted by Gasteiger charge is 2.20. The molecule has 0 radical (unpaired) electrons. The van der Waals surface area contributed by atoms with E-state index in [2.05, 4.69) is 5.32 Å².